The number of fused-ring (bicyclic) bond motifs is 1. The van der Waals surface area contributed by atoms with Gasteiger partial charge in [-0.1, -0.05) is 40.2 Å². The van der Waals surface area contributed by atoms with Crippen LogP contribution in [0.25, 0.3) is 5.52 Å². The molecule has 19 heavy (non-hydrogen) atoms. The Labute approximate surface area is 120 Å². The first-order valence-corrected chi connectivity index (χ1v) is 6.95. The number of nitrogens with zero attached hydrogens (tertiary/aromatic N) is 2. The lowest BCUT2D eigenvalue weighted by molar-refractivity contribution is 0.937. The molecule has 0 aliphatic carbocycles. The summed E-state index contributed by atoms with van der Waals surface area (Å²) in [4.78, 5) is 4.51. The van der Waals surface area contributed by atoms with Gasteiger partial charge in [-0.25, -0.2) is 4.98 Å². The number of hydrogen-bond acceptors (Lipinski definition) is 2. The van der Waals surface area contributed by atoms with Crippen molar-refractivity contribution in [3.8, 4) is 0 Å². The van der Waals surface area contributed by atoms with Gasteiger partial charge in [-0.05, 0) is 23.3 Å². The first kappa shape index (κ1) is 12.4. The lowest BCUT2D eigenvalue weighted by atomic mass is 10.1. The molecule has 3 rings (SSSR count). The molecule has 0 fully saturated rings. The number of hydrogen-bond donors (Lipinski definition) is 1. The minimum atomic E-state index is 0.544. The van der Waals surface area contributed by atoms with Crippen molar-refractivity contribution < 1.29 is 0 Å². The van der Waals surface area contributed by atoms with E-state index >= 15 is 0 Å². The summed E-state index contributed by atoms with van der Waals surface area (Å²) in [6, 6.07) is 12.3. The molecule has 0 aliphatic rings. The van der Waals surface area contributed by atoms with Crippen molar-refractivity contribution in [1.29, 1.82) is 0 Å². The van der Waals surface area contributed by atoms with Gasteiger partial charge in [0.1, 0.15) is 5.82 Å². The highest BCUT2D eigenvalue weighted by atomic mass is 79.9. The van der Waals surface area contributed by atoms with Gasteiger partial charge < -0.3 is 10.1 Å². The summed E-state index contributed by atoms with van der Waals surface area (Å²) < 4.78 is 3.23. The van der Waals surface area contributed by atoms with Gasteiger partial charge in [0.25, 0.3) is 0 Å². The van der Waals surface area contributed by atoms with E-state index < -0.39 is 0 Å². The highest BCUT2D eigenvalue weighted by Gasteiger charge is 2.07. The van der Waals surface area contributed by atoms with E-state index in [-0.39, 0.29) is 0 Å². The van der Waals surface area contributed by atoms with Crippen LogP contribution in [-0.2, 0) is 13.0 Å². The molecular formula is C15H14BrN3. The number of rotatable bonds is 3. The summed E-state index contributed by atoms with van der Waals surface area (Å²) in [6.07, 6.45) is 4.75. The van der Waals surface area contributed by atoms with Gasteiger partial charge in [0.05, 0.1) is 11.7 Å². The molecule has 2 N–H and O–H groups in total. The Balaban J connectivity index is 2.03. The van der Waals surface area contributed by atoms with Crippen LogP contribution in [0.15, 0.2) is 53.3 Å². The van der Waals surface area contributed by atoms with Crippen molar-refractivity contribution in [3.63, 3.8) is 0 Å². The Bertz CT molecular complexity index is 718. The predicted octanol–water partition coefficient (Wildman–Crippen LogP) is 3.15. The van der Waals surface area contributed by atoms with E-state index in [1.54, 1.807) is 0 Å². The van der Waals surface area contributed by atoms with Gasteiger partial charge in [-0.15, -0.1) is 0 Å². The zero-order valence-corrected chi connectivity index (χ0v) is 12.0. The second kappa shape index (κ2) is 5.15. The molecule has 0 saturated carbocycles. The lowest BCUT2D eigenvalue weighted by Gasteiger charge is -2.05. The molecule has 0 bridgehead atoms. The molecule has 3 aromatic rings. The van der Waals surface area contributed by atoms with Gasteiger partial charge in [-0.2, -0.15) is 0 Å². The van der Waals surface area contributed by atoms with Gasteiger partial charge >= 0.3 is 0 Å². The fourth-order valence-corrected chi connectivity index (χ4v) is 2.58. The maximum Gasteiger partial charge on any atom is 0.117 e. The summed E-state index contributed by atoms with van der Waals surface area (Å²) in [5.74, 6) is 1.03. The molecule has 0 saturated heterocycles. The first-order chi connectivity index (χ1) is 9.28. The second-order valence-electron chi connectivity index (χ2n) is 4.48. The predicted molar refractivity (Wildman–Crippen MR) is 80.0 cm³/mol. The topological polar surface area (TPSA) is 43.3 Å². The van der Waals surface area contributed by atoms with Crippen molar-refractivity contribution >= 4 is 21.4 Å². The Morgan fingerprint density at radius 3 is 2.79 bits per heavy atom. The molecule has 1 aromatic carbocycles. The van der Waals surface area contributed by atoms with Crippen LogP contribution in [0.3, 0.4) is 0 Å². The molecule has 96 valence electrons. The molecule has 0 radical (unpaired) electrons. The Hall–Kier alpha value is -1.65. The van der Waals surface area contributed by atoms with Crippen LogP contribution in [-0.4, -0.2) is 9.38 Å². The fourth-order valence-electron chi connectivity index (χ4n) is 2.15. The average molecular weight is 316 g/mol. The molecule has 3 nitrogen and oxygen atoms in total. The number of halogens is 1. The molecule has 2 heterocycles. The fraction of sp³-hybridized carbons (Fsp3) is 0.133. The van der Waals surface area contributed by atoms with Crippen molar-refractivity contribution in [1.82, 2.24) is 9.38 Å². The largest absolute Gasteiger partial charge is 0.326 e. The zero-order chi connectivity index (χ0) is 13.2. The summed E-state index contributed by atoms with van der Waals surface area (Å²) >= 11 is 3.58. The van der Waals surface area contributed by atoms with Crippen molar-refractivity contribution in [2.24, 2.45) is 5.73 Å². The van der Waals surface area contributed by atoms with Gasteiger partial charge in [0, 0.05) is 23.6 Å². The normalized spacial score (nSPS) is 11.1. The number of nitrogens with two attached hydrogens (primary N) is 1. The molecule has 0 aliphatic heterocycles. The molecule has 2 aromatic heterocycles. The lowest BCUT2D eigenvalue weighted by Crippen LogP contribution is -2.01. The van der Waals surface area contributed by atoms with Crippen LogP contribution in [0.5, 0.6) is 0 Å². The Kier molecular flexibility index (Phi) is 3.36. The third kappa shape index (κ3) is 2.41. The van der Waals surface area contributed by atoms with Crippen molar-refractivity contribution in [2.45, 2.75) is 13.0 Å². The number of aromatic nitrogens is 2. The molecule has 4 heteroatoms. The third-order valence-electron chi connectivity index (χ3n) is 3.21. The van der Waals surface area contributed by atoms with Crippen LogP contribution in [0.2, 0.25) is 0 Å². The number of benzene rings is 1. The number of imidazole rings is 1. The van der Waals surface area contributed by atoms with E-state index in [1.165, 1.54) is 5.56 Å². The van der Waals surface area contributed by atoms with Gasteiger partial charge in [-0.3, -0.25) is 0 Å². The summed E-state index contributed by atoms with van der Waals surface area (Å²) in [5.41, 5.74) is 9.13. The monoisotopic (exact) mass is 315 g/mol. The second-order valence-corrected chi connectivity index (χ2v) is 5.33. The summed E-state index contributed by atoms with van der Waals surface area (Å²) in [6.45, 7) is 0.544. The molecular weight excluding hydrogens is 302 g/mol. The van der Waals surface area contributed by atoms with Crippen LogP contribution in [0.1, 0.15) is 17.0 Å². The quantitative estimate of drug-likeness (QED) is 0.807. The van der Waals surface area contributed by atoms with E-state index in [9.17, 15) is 0 Å². The Morgan fingerprint density at radius 2 is 2.00 bits per heavy atom. The summed E-state index contributed by atoms with van der Waals surface area (Å²) in [5, 5.41) is 0. The Morgan fingerprint density at radius 1 is 1.16 bits per heavy atom. The van der Waals surface area contributed by atoms with Gasteiger partial charge in [0.2, 0.25) is 0 Å². The van der Waals surface area contributed by atoms with Crippen molar-refractivity contribution in [2.75, 3.05) is 0 Å². The maximum atomic E-state index is 5.70. The molecule has 0 spiro atoms. The van der Waals surface area contributed by atoms with Crippen LogP contribution < -0.4 is 5.73 Å². The maximum absolute atomic E-state index is 5.70. The highest BCUT2D eigenvalue weighted by molar-refractivity contribution is 9.10. The summed E-state index contributed by atoms with van der Waals surface area (Å²) in [7, 11) is 0. The minimum absolute atomic E-state index is 0.544. The van der Waals surface area contributed by atoms with Crippen LogP contribution >= 0.6 is 15.9 Å². The van der Waals surface area contributed by atoms with E-state index in [1.807, 2.05) is 24.4 Å². The highest BCUT2D eigenvalue weighted by Crippen LogP contribution is 2.20. The SMILES string of the molecule is NCc1ccc2cnc(Cc3ccccc3Br)n2c1. The smallest absolute Gasteiger partial charge is 0.117 e. The minimum Gasteiger partial charge on any atom is -0.326 e. The third-order valence-corrected chi connectivity index (χ3v) is 3.98. The van der Waals surface area contributed by atoms with Crippen molar-refractivity contribution in [3.05, 3.63) is 70.2 Å². The standard InChI is InChI=1S/C15H14BrN3/c16-14-4-2-1-3-12(14)7-15-18-9-13-6-5-11(8-17)10-19(13)15/h1-6,9-10H,7-8,17H2. The van der Waals surface area contributed by atoms with Crippen LogP contribution in [0.4, 0.5) is 0 Å². The van der Waals surface area contributed by atoms with E-state index in [2.05, 4.69) is 49.7 Å². The zero-order valence-electron chi connectivity index (χ0n) is 10.4. The van der Waals surface area contributed by atoms with E-state index in [4.69, 9.17) is 5.73 Å². The van der Waals surface area contributed by atoms with Crippen LogP contribution in [0, 0.1) is 0 Å². The molecule has 0 unspecified atom stereocenters. The number of pyridine rings is 1. The first-order valence-electron chi connectivity index (χ1n) is 6.16. The van der Waals surface area contributed by atoms with Gasteiger partial charge in [0.15, 0.2) is 0 Å². The average Bonchev–Trinajstić information content (AvgIpc) is 2.84. The van der Waals surface area contributed by atoms with E-state index in [0.717, 1.165) is 27.8 Å². The van der Waals surface area contributed by atoms with E-state index in [0.29, 0.717) is 6.54 Å². The molecule has 0 amide bonds. The molecule has 0 atom stereocenters.